The van der Waals surface area contributed by atoms with Crippen molar-refractivity contribution < 1.29 is 14.2 Å². The van der Waals surface area contributed by atoms with Crippen LogP contribution >= 0.6 is 0 Å². The van der Waals surface area contributed by atoms with E-state index in [4.69, 9.17) is 14.2 Å². The zero-order valence-electron chi connectivity index (χ0n) is 15.7. The number of rotatable bonds is 6. The van der Waals surface area contributed by atoms with Gasteiger partial charge in [-0.25, -0.2) is 4.98 Å². The van der Waals surface area contributed by atoms with Crippen molar-refractivity contribution in [3.63, 3.8) is 0 Å². The average molecular weight is 349 g/mol. The fourth-order valence-corrected chi connectivity index (χ4v) is 4.17. The Morgan fingerprint density at radius 2 is 2.16 bits per heavy atom. The van der Waals surface area contributed by atoms with E-state index in [0.29, 0.717) is 5.92 Å². The third kappa shape index (κ3) is 4.31. The lowest BCUT2D eigenvalue weighted by molar-refractivity contribution is 0.0489. The molecule has 0 saturated carbocycles. The number of ether oxygens (including phenoxy) is 3. The van der Waals surface area contributed by atoms with Crippen molar-refractivity contribution in [1.82, 2.24) is 14.8 Å². The normalized spacial score (nSPS) is 28.4. The predicted octanol–water partition coefficient (Wildman–Crippen LogP) is 1.51. The molecule has 6 nitrogen and oxygen atoms in total. The number of hydrogen-bond donors (Lipinski definition) is 0. The Morgan fingerprint density at radius 3 is 2.96 bits per heavy atom. The van der Waals surface area contributed by atoms with Crippen LogP contribution in [0.4, 0.5) is 0 Å². The van der Waals surface area contributed by atoms with Gasteiger partial charge in [0.25, 0.3) is 0 Å². The minimum absolute atomic E-state index is 0.194. The summed E-state index contributed by atoms with van der Waals surface area (Å²) in [6.07, 6.45) is 1.78. The third-order valence-corrected chi connectivity index (χ3v) is 5.64. The zero-order chi connectivity index (χ0) is 17.7. The highest BCUT2D eigenvalue weighted by Crippen LogP contribution is 2.38. The van der Waals surface area contributed by atoms with Crippen LogP contribution < -0.4 is 4.74 Å². The molecule has 2 atom stereocenters. The maximum absolute atomic E-state index is 6.03. The van der Waals surface area contributed by atoms with E-state index in [2.05, 4.69) is 27.8 Å². The molecule has 0 amide bonds. The lowest BCUT2D eigenvalue weighted by Gasteiger charge is -2.35. The van der Waals surface area contributed by atoms with Gasteiger partial charge >= 0.3 is 0 Å². The van der Waals surface area contributed by atoms with Gasteiger partial charge in [-0.3, -0.25) is 4.90 Å². The van der Waals surface area contributed by atoms with Crippen LogP contribution in [0.1, 0.15) is 12.5 Å². The van der Waals surface area contributed by atoms with Crippen LogP contribution in [0.5, 0.6) is 5.88 Å². The second-order valence-electron chi connectivity index (χ2n) is 7.43. The van der Waals surface area contributed by atoms with Crippen LogP contribution in [0.15, 0.2) is 18.3 Å². The Hall–Kier alpha value is -1.21. The van der Waals surface area contributed by atoms with Gasteiger partial charge in [-0.15, -0.1) is 0 Å². The first-order chi connectivity index (χ1) is 12.2. The molecule has 0 N–H and O–H groups in total. The molecule has 2 saturated heterocycles. The molecule has 0 unspecified atom stereocenters. The number of nitrogens with zero attached hydrogens (tertiary/aromatic N) is 3. The van der Waals surface area contributed by atoms with E-state index in [0.717, 1.165) is 70.5 Å². The highest BCUT2D eigenvalue weighted by molar-refractivity contribution is 5.25. The molecule has 140 valence electrons. The number of aromatic nitrogens is 1. The van der Waals surface area contributed by atoms with Gasteiger partial charge in [-0.2, -0.15) is 0 Å². The standard InChI is InChI=1S/C19H31N3O3/c1-16-11-21(7-9-23-2)13-19(16)14-22(8-10-25-15-19)12-17-5-4-6-20-18(17)24-3/h4-6,16H,7-15H2,1-3H3/t16-,19+/m1/s1. The lowest BCUT2D eigenvalue weighted by atomic mass is 9.79. The van der Waals surface area contributed by atoms with E-state index >= 15 is 0 Å². The maximum Gasteiger partial charge on any atom is 0.217 e. The van der Waals surface area contributed by atoms with E-state index in [1.54, 1.807) is 20.4 Å². The third-order valence-electron chi connectivity index (χ3n) is 5.64. The molecule has 1 aromatic rings. The van der Waals surface area contributed by atoms with Crippen LogP contribution in [0.25, 0.3) is 0 Å². The first-order valence-corrected chi connectivity index (χ1v) is 9.16. The molecule has 0 aliphatic carbocycles. The summed E-state index contributed by atoms with van der Waals surface area (Å²) in [5, 5.41) is 0. The van der Waals surface area contributed by atoms with Crippen molar-refractivity contribution >= 4 is 0 Å². The van der Waals surface area contributed by atoms with Crippen LogP contribution in [-0.2, 0) is 16.0 Å². The number of pyridine rings is 1. The molecule has 0 radical (unpaired) electrons. The van der Waals surface area contributed by atoms with E-state index in [9.17, 15) is 0 Å². The molecular formula is C19H31N3O3. The molecule has 3 rings (SSSR count). The van der Waals surface area contributed by atoms with Gasteiger partial charge in [0.15, 0.2) is 0 Å². The van der Waals surface area contributed by atoms with E-state index in [1.807, 2.05) is 6.07 Å². The van der Waals surface area contributed by atoms with Crippen LogP contribution in [0.2, 0.25) is 0 Å². The van der Waals surface area contributed by atoms with Crippen molar-refractivity contribution in [2.45, 2.75) is 13.5 Å². The van der Waals surface area contributed by atoms with Crippen LogP contribution in [-0.4, -0.2) is 81.5 Å². The van der Waals surface area contributed by atoms with E-state index < -0.39 is 0 Å². The highest BCUT2D eigenvalue weighted by Gasteiger charge is 2.46. The summed E-state index contributed by atoms with van der Waals surface area (Å²) in [5.41, 5.74) is 1.34. The molecule has 1 spiro atoms. The van der Waals surface area contributed by atoms with E-state index in [1.165, 1.54) is 0 Å². The van der Waals surface area contributed by atoms with Crippen LogP contribution in [0, 0.1) is 11.3 Å². The first kappa shape index (κ1) is 18.6. The molecule has 0 bridgehead atoms. The minimum atomic E-state index is 0.194. The molecule has 25 heavy (non-hydrogen) atoms. The maximum atomic E-state index is 6.03. The molecule has 3 heterocycles. The van der Waals surface area contributed by atoms with Gasteiger partial charge in [-0.1, -0.05) is 13.0 Å². The smallest absolute Gasteiger partial charge is 0.217 e. The first-order valence-electron chi connectivity index (χ1n) is 9.16. The Labute approximate surface area is 151 Å². The highest BCUT2D eigenvalue weighted by atomic mass is 16.5. The van der Waals surface area contributed by atoms with Gasteiger partial charge < -0.3 is 19.1 Å². The molecule has 2 aliphatic rings. The zero-order valence-corrected chi connectivity index (χ0v) is 15.7. The second kappa shape index (κ2) is 8.45. The molecule has 6 heteroatoms. The summed E-state index contributed by atoms with van der Waals surface area (Å²) >= 11 is 0. The quantitative estimate of drug-likeness (QED) is 0.776. The number of hydrogen-bond acceptors (Lipinski definition) is 6. The summed E-state index contributed by atoms with van der Waals surface area (Å²) in [4.78, 5) is 9.36. The molecular weight excluding hydrogens is 318 g/mol. The monoisotopic (exact) mass is 349 g/mol. The Bertz CT molecular complexity index is 556. The van der Waals surface area contributed by atoms with Crippen molar-refractivity contribution in [2.75, 3.05) is 66.8 Å². The second-order valence-corrected chi connectivity index (χ2v) is 7.43. The number of methoxy groups -OCH3 is 2. The number of likely N-dealkylation sites (tertiary alicyclic amines) is 1. The van der Waals surface area contributed by atoms with Gasteiger partial charge in [0.2, 0.25) is 5.88 Å². The van der Waals surface area contributed by atoms with Crippen LogP contribution in [0.3, 0.4) is 0 Å². The summed E-state index contributed by atoms with van der Waals surface area (Å²) < 4.78 is 16.7. The van der Waals surface area contributed by atoms with Crippen molar-refractivity contribution in [1.29, 1.82) is 0 Å². The van der Waals surface area contributed by atoms with Gasteiger partial charge in [-0.05, 0) is 12.0 Å². The largest absolute Gasteiger partial charge is 0.481 e. The Morgan fingerprint density at radius 1 is 1.32 bits per heavy atom. The minimum Gasteiger partial charge on any atom is -0.481 e. The molecule has 0 aromatic carbocycles. The Kier molecular flexibility index (Phi) is 6.28. The summed E-state index contributed by atoms with van der Waals surface area (Å²) in [6, 6.07) is 4.08. The fraction of sp³-hybridized carbons (Fsp3) is 0.737. The SMILES string of the molecule is COCCN1C[C@@H](C)[C@@]2(COCCN(Cc3cccnc3OC)C2)C1. The lowest BCUT2D eigenvalue weighted by Crippen LogP contribution is -2.43. The summed E-state index contributed by atoms with van der Waals surface area (Å²) in [6.45, 7) is 10.8. The fourth-order valence-electron chi connectivity index (χ4n) is 4.17. The van der Waals surface area contributed by atoms with Gasteiger partial charge in [0.05, 0.1) is 26.9 Å². The Balaban J connectivity index is 1.70. The summed E-state index contributed by atoms with van der Waals surface area (Å²) in [5.74, 6) is 1.34. The molecule has 1 aromatic heterocycles. The molecule has 2 fully saturated rings. The topological polar surface area (TPSA) is 47.1 Å². The average Bonchev–Trinajstić information content (AvgIpc) is 2.79. The molecule has 2 aliphatic heterocycles. The summed E-state index contributed by atoms with van der Waals surface area (Å²) in [7, 11) is 3.46. The van der Waals surface area contributed by atoms with E-state index in [-0.39, 0.29) is 5.41 Å². The van der Waals surface area contributed by atoms with Crippen molar-refractivity contribution in [3.8, 4) is 5.88 Å². The predicted molar refractivity (Wildman–Crippen MR) is 96.8 cm³/mol. The van der Waals surface area contributed by atoms with Crippen molar-refractivity contribution in [3.05, 3.63) is 23.9 Å². The van der Waals surface area contributed by atoms with Gasteiger partial charge in [0.1, 0.15) is 0 Å². The van der Waals surface area contributed by atoms with Gasteiger partial charge in [0, 0.05) is 63.6 Å². The van der Waals surface area contributed by atoms with Crippen molar-refractivity contribution in [2.24, 2.45) is 11.3 Å².